The molecule has 5 nitrogen and oxygen atoms in total. The molecule has 23 heavy (non-hydrogen) atoms. The lowest BCUT2D eigenvalue weighted by atomic mass is 9.80. The smallest absolute Gasteiger partial charge is 0.246 e. The van der Waals surface area contributed by atoms with Crippen molar-refractivity contribution >= 4 is 10.0 Å². The van der Waals surface area contributed by atoms with Crippen LogP contribution < -0.4 is 10.0 Å². The predicted molar refractivity (Wildman–Crippen MR) is 77.9 cm³/mol. The Labute approximate surface area is 133 Å². The van der Waals surface area contributed by atoms with E-state index >= 15 is 0 Å². The van der Waals surface area contributed by atoms with E-state index in [1.54, 1.807) is 0 Å². The monoisotopic (exact) mass is 352 g/mol. The number of benzene rings is 1. The van der Waals surface area contributed by atoms with Crippen LogP contribution in [0.3, 0.4) is 0 Å². The van der Waals surface area contributed by atoms with Crippen molar-refractivity contribution in [2.75, 3.05) is 33.4 Å². The summed E-state index contributed by atoms with van der Waals surface area (Å²) in [6.45, 7) is 1.71. The molecule has 2 rings (SSSR count). The maximum atomic E-state index is 13.7. The third-order valence-electron chi connectivity index (χ3n) is 3.98. The number of halogens is 3. The second-order valence-corrected chi connectivity index (χ2v) is 7.41. The van der Waals surface area contributed by atoms with Gasteiger partial charge < -0.3 is 10.1 Å². The first-order chi connectivity index (χ1) is 10.8. The molecule has 0 atom stereocenters. The highest BCUT2D eigenvalue weighted by Gasteiger charge is 2.35. The van der Waals surface area contributed by atoms with Crippen LogP contribution in [0.5, 0.6) is 0 Å². The molecular weight excluding hydrogens is 333 g/mol. The lowest BCUT2D eigenvalue weighted by molar-refractivity contribution is 0.0577. The van der Waals surface area contributed by atoms with Gasteiger partial charge in [-0.1, -0.05) is 0 Å². The average molecular weight is 352 g/mol. The van der Waals surface area contributed by atoms with E-state index in [1.807, 2.05) is 0 Å². The van der Waals surface area contributed by atoms with Gasteiger partial charge in [0.2, 0.25) is 10.0 Å². The second-order valence-electron chi connectivity index (χ2n) is 5.71. The number of nitrogens with one attached hydrogen (secondary N) is 2. The highest BCUT2D eigenvalue weighted by atomic mass is 32.2. The Morgan fingerprint density at radius 2 is 1.78 bits per heavy atom. The van der Waals surface area contributed by atoms with Crippen LogP contribution >= 0.6 is 0 Å². The van der Waals surface area contributed by atoms with Crippen LogP contribution in [0.4, 0.5) is 13.2 Å². The molecule has 0 spiro atoms. The van der Waals surface area contributed by atoms with Gasteiger partial charge in [0.1, 0.15) is 17.5 Å². The molecule has 130 valence electrons. The maximum Gasteiger partial charge on any atom is 0.246 e. The van der Waals surface area contributed by atoms with Gasteiger partial charge in [0.05, 0.1) is 6.61 Å². The highest BCUT2D eigenvalue weighted by molar-refractivity contribution is 7.89. The molecule has 1 aromatic carbocycles. The Balaban J connectivity index is 2.21. The van der Waals surface area contributed by atoms with E-state index in [2.05, 4.69) is 10.0 Å². The average Bonchev–Trinajstić information content (AvgIpc) is 2.45. The van der Waals surface area contributed by atoms with E-state index in [9.17, 15) is 21.6 Å². The van der Waals surface area contributed by atoms with Crippen molar-refractivity contribution < 1.29 is 26.3 Å². The molecule has 1 aliphatic heterocycles. The zero-order valence-electron chi connectivity index (χ0n) is 12.7. The fraction of sp³-hybridized carbons (Fsp3) is 0.571. The first-order valence-corrected chi connectivity index (χ1v) is 8.62. The lowest BCUT2D eigenvalue weighted by Crippen LogP contribution is -2.47. The van der Waals surface area contributed by atoms with Gasteiger partial charge in [0, 0.05) is 31.2 Å². The van der Waals surface area contributed by atoms with E-state index in [0.29, 0.717) is 44.7 Å². The van der Waals surface area contributed by atoms with Crippen LogP contribution in [0.15, 0.2) is 17.0 Å². The molecule has 1 saturated heterocycles. The van der Waals surface area contributed by atoms with Crippen molar-refractivity contribution in [2.45, 2.75) is 17.7 Å². The van der Waals surface area contributed by atoms with Gasteiger partial charge in [-0.05, 0) is 25.9 Å². The van der Waals surface area contributed by atoms with E-state index in [0.717, 1.165) is 0 Å². The number of rotatable bonds is 6. The number of hydrogen-bond acceptors (Lipinski definition) is 4. The fourth-order valence-corrected chi connectivity index (χ4v) is 4.01. The van der Waals surface area contributed by atoms with Gasteiger partial charge in [0.15, 0.2) is 4.90 Å². The van der Waals surface area contributed by atoms with E-state index < -0.39 is 37.8 Å². The van der Waals surface area contributed by atoms with Crippen molar-refractivity contribution in [3.63, 3.8) is 0 Å². The molecule has 2 N–H and O–H groups in total. The summed E-state index contributed by atoms with van der Waals surface area (Å²) in [5.41, 5.74) is -0.444. The van der Waals surface area contributed by atoms with Crippen molar-refractivity contribution in [3.8, 4) is 0 Å². The largest absolute Gasteiger partial charge is 0.384 e. The fourth-order valence-electron chi connectivity index (χ4n) is 2.74. The Bertz CT molecular complexity index is 633. The van der Waals surface area contributed by atoms with Crippen molar-refractivity contribution in [1.82, 2.24) is 10.0 Å². The van der Waals surface area contributed by atoms with Gasteiger partial charge in [-0.15, -0.1) is 0 Å². The van der Waals surface area contributed by atoms with Crippen molar-refractivity contribution in [3.05, 3.63) is 29.6 Å². The first kappa shape index (κ1) is 18.2. The summed E-state index contributed by atoms with van der Waals surface area (Å²) in [5.74, 6) is -4.09. The van der Waals surface area contributed by atoms with Crippen molar-refractivity contribution in [1.29, 1.82) is 0 Å². The summed E-state index contributed by atoms with van der Waals surface area (Å²) < 4.78 is 72.1. The molecule has 0 amide bonds. The van der Waals surface area contributed by atoms with Gasteiger partial charge in [-0.2, -0.15) is 0 Å². The van der Waals surface area contributed by atoms with Crippen LogP contribution in [0, 0.1) is 22.9 Å². The molecule has 9 heteroatoms. The standard InChI is InChI=1S/C14H19F3N2O3S/c1-22-9-14(2-4-18-5-3-14)8-19-23(20,21)13-11(16)6-10(15)7-12(13)17/h6-7,18-19H,2-5,8-9H2,1H3. The quantitative estimate of drug-likeness (QED) is 0.812. The molecular formula is C14H19F3N2O3S. The third-order valence-corrected chi connectivity index (χ3v) is 5.44. The minimum Gasteiger partial charge on any atom is -0.384 e. The molecule has 1 fully saturated rings. The Morgan fingerprint density at radius 3 is 2.30 bits per heavy atom. The molecule has 0 bridgehead atoms. The SMILES string of the molecule is COCC1(CNS(=O)(=O)c2c(F)cc(F)cc2F)CCNCC1. The molecule has 1 aromatic rings. The normalized spacial score (nSPS) is 18.1. The molecule has 1 heterocycles. The van der Waals surface area contributed by atoms with E-state index in [4.69, 9.17) is 4.74 Å². The van der Waals surface area contributed by atoms with Gasteiger partial charge in [-0.3, -0.25) is 0 Å². The summed E-state index contributed by atoms with van der Waals surface area (Å²) >= 11 is 0. The van der Waals surface area contributed by atoms with Crippen LogP contribution in [0.2, 0.25) is 0 Å². The van der Waals surface area contributed by atoms with Gasteiger partial charge >= 0.3 is 0 Å². The van der Waals surface area contributed by atoms with Crippen LogP contribution in [0.1, 0.15) is 12.8 Å². The number of piperidine rings is 1. The van der Waals surface area contributed by atoms with Crippen LogP contribution in [-0.4, -0.2) is 41.8 Å². The number of ether oxygens (including phenoxy) is 1. The Morgan fingerprint density at radius 1 is 1.22 bits per heavy atom. The molecule has 0 unspecified atom stereocenters. The summed E-state index contributed by atoms with van der Waals surface area (Å²) in [5, 5.41) is 3.16. The maximum absolute atomic E-state index is 13.7. The van der Waals surface area contributed by atoms with Crippen LogP contribution in [-0.2, 0) is 14.8 Å². The summed E-state index contributed by atoms with van der Waals surface area (Å²) in [4.78, 5) is -1.17. The minimum absolute atomic E-state index is 0.0128. The number of sulfonamides is 1. The summed E-state index contributed by atoms with van der Waals surface area (Å²) in [6.07, 6.45) is 1.33. The topological polar surface area (TPSA) is 67.4 Å². The first-order valence-electron chi connectivity index (χ1n) is 7.14. The number of methoxy groups -OCH3 is 1. The highest BCUT2D eigenvalue weighted by Crippen LogP contribution is 2.29. The second kappa shape index (κ2) is 7.16. The molecule has 0 aliphatic carbocycles. The molecule has 1 aliphatic rings. The third kappa shape index (κ3) is 4.23. The predicted octanol–water partition coefficient (Wildman–Crippen LogP) is 1.40. The summed E-state index contributed by atoms with van der Waals surface area (Å²) in [6, 6.07) is 0.681. The zero-order valence-corrected chi connectivity index (χ0v) is 13.5. The summed E-state index contributed by atoms with van der Waals surface area (Å²) in [7, 11) is -2.93. The van der Waals surface area contributed by atoms with Crippen LogP contribution in [0.25, 0.3) is 0 Å². The van der Waals surface area contributed by atoms with Gasteiger partial charge in [0.25, 0.3) is 0 Å². The molecule has 0 saturated carbocycles. The van der Waals surface area contributed by atoms with Gasteiger partial charge in [-0.25, -0.2) is 26.3 Å². The zero-order chi connectivity index (χ0) is 17.1. The van der Waals surface area contributed by atoms with E-state index in [1.165, 1.54) is 7.11 Å². The Hall–Kier alpha value is -1.16. The molecule has 0 aromatic heterocycles. The molecule has 0 radical (unpaired) electrons. The number of hydrogen-bond donors (Lipinski definition) is 2. The van der Waals surface area contributed by atoms with E-state index in [-0.39, 0.29) is 6.54 Å². The van der Waals surface area contributed by atoms with Crippen molar-refractivity contribution in [2.24, 2.45) is 5.41 Å². The lowest BCUT2D eigenvalue weighted by Gasteiger charge is -2.37. The minimum atomic E-state index is -4.44. The Kier molecular flexibility index (Phi) is 5.66.